The van der Waals surface area contributed by atoms with E-state index in [1.54, 1.807) is 0 Å². The van der Waals surface area contributed by atoms with Crippen LogP contribution in [0.25, 0.3) is 89.0 Å². The summed E-state index contributed by atoms with van der Waals surface area (Å²) in [5, 5.41) is 3.31. The average molecular weight is 642 g/mol. The van der Waals surface area contributed by atoms with Crippen molar-refractivity contribution in [1.82, 2.24) is 24.9 Å². The van der Waals surface area contributed by atoms with Crippen LogP contribution in [0.5, 0.6) is 0 Å². The molecule has 0 aliphatic carbocycles. The molecule has 0 bridgehead atoms. The predicted octanol–water partition coefficient (Wildman–Crippen LogP) is 11.1. The number of nitrogens with zero attached hydrogens (tertiary/aromatic N) is 5. The third kappa shape index (κ3) is 5.35. The Morgan fingerprint density at radius 2 is 1.04 bits per heavy atom. The summed E-state index contributed by atoms with van der Waals surface area (Å²) in [5.41, 5.74) is 13.7. The van der Waals surface area contributed by atoms with Crippen LogP contribution < -0.4 is 0 Å². The minimum atomic E-state index is 0.674. The maximum Gasteiger partial charge on any atom is 0.160 e. The number of pyridine rings is 3. The largest absolute Gasteiger partial charge is 0.256 e. The first-order chi connectivity index (χ1) is 24.6. The van der Waals surface area contributed by atoms with Gasteiger partial charge in [0.2, 0.25) is 0 Å². The summed E-state index contributed by atoms with van der Waals surface area (Å²) < 4.78 is 0. The molecular formula is C45H31N5. The van der Waals surface area contributed by atoms with Crippen LogP contribution in [0.2, 0.25) is 0 Å². The zero-order chi connectivity index (χ0) is 33.6. The summed E-state index contributed by atoms with van der Waals surface area (Å²) in [5.74, 6) is 0.674. The molecule has 236 valence electrons. The van der Waals surface area contributed by atoms with Crippen molar-refractivity contribution in [3.8, 4) is 56.3 Å². The number of aromatic nitrogens is 5. The highest BCUT2D eigenvalue weighted by atomic mass is 14.9. The number of aryl methyl sites for hydroxylation is 2. The highest BCUT2D eigenvalue weighted by molar-refractivity contribution is 6.04. The van der Waals surface area contributed by atoms with E-state index < -0.39 is 0 Å². The molecule has 50 heavy (non-hydrogen) atoms. The molecule has 0 spiro atoms. The van der Waals surface area contributed by atoms with Crippen molar-refractivity contribution in [3.63, 3.8) is 0 Å². The third-order valence-electron chi connectivity index (χ3n) is 9.29. The van der Waals surface area contributed by atoms with E-state index in [1.165, 1.54) is 5.56 Å². The summed E-state index contributed by atoms with van der Waals surface area (Å²) in [6.45, 7) is 4.17. The maximum absolute atomic E-state index is 5.18. The average Bonchev–Trinajstić information content (AvgIpc) is 3.17. The van der Waals surface area contributed by atoms with Gasteiger partial charge in [-0.3, -0.25) is 9.97 Å². The van der Waals surface area contributed by atoms with Crippen LogP contribution in [-0.2, 0) is 0 Å². The van der Waals surface area contributed by atoms with E-state index in [0.29, 0.717) is 5.82 Å². The smallest absolute Gasteiger partial charge is 0.160 e. The summed E-state index contributed by atoms with van der Waals surface area (Å²) in [6.07, 6.45) is 1.85. The number of benzene rings is 5. The Hall–Kier alpha value is -6.59. The second-order valence-corrected chi connectivity index (χ2v) is 12.7. The summed E-state index contributed by atoms with van der Waals surface area (Å²) in [4.78, 5) is 25.0. The topological polar surface area (TPSA) is 64.5 Å². The fraction of sp³-hybridized carbons (Fsp3) is 0.0444. The van der Waals surface area contributed by atoms with Crippen molar-refractivity contribution in [2.24, 2.45) is 0 Å². The molecule has 0 unspecified atom stereocenters. The highest BCUT2D eigenvalue weighted by Crippen LogP contribution is 2.34. The molecule has 4 heterocycles. The van der Waals surface area contributed by atoms with E-state index in [0.717, 1.165) is 88.9 Å². The molecule has 5 heteroatoms. The molecule has 5 nitrogen and oxygen atoms in total. The molecule has 0 aliphatic rings. The van der Waals surface area contributed by atoms with Crippen LogP contribution in [0.15, 0.2) is 152 Å². The maximum atomic E-state index is 5.18. The number of hydrogen-bond donors (Lipinski definition) is 0. The molecule has 4 aromatic heterocycles. The van der Waals surface area contributed by atoms with Crippen molar-refractivity contribution in [2.45, 2.75) is 13.8 Å². The third-order valence-corrected chi connectivity index (χ3v) is 9.29. The summed E-state index contributed by atoms with van der Waals surface area (Å²) in [6, 6.07) is 50.2. The molecule has 0 saturated heterocycles. The summed E-state index contributed by atoms with van der Waals surface area (Å²) >= 11 is 0. The van der Waals surface area contributed by atoms with Crippen LogP contribution in [-0.4, -0.2) is 24.9 Å². The number of fused-ring (bicyclic) bond motifs is 4. The first-order valence-electron chi connectivity index (χ1n) is 16.7. The lowest BCUT2D eigenvalue weighted by atomic mass is 9.98. The molecule has 0 aliphatic heterocycles. The first kappa shape index (κ1) is 29.5. The van der Waals surface area contributed by atoms with E-state index >= 15 is 0 Å². The van der Waals surface area contributed by atoms with Gasteiger partial charge in [-0.2, -0.15) is 0 Å². The molecule has 5 aromatic carbocycles. The van der Waals surface area contributed by atoms with Crippen molar-refractivity contribution < 1.29 is 0 Å². The standard InChI is InChI=1S/C45H31N5/c1-28-24-29(2)47-44-37(28)21-19-31-20-22-39(48-43(31)44)34-14-7-16-36(26-34)41-27-40(49-45(50-41)32-10-4-3-5-11-32)35-15-6-13-33(25-35)38-18-8-12-30-17-9-23-46-42(30)38/h3-27H,1-2H3. The molecule has 0 radical (unpaired) electrons. The first-order valence-corrected chi connectivity index (χ1v) is 16.7. The number of hydrogen-bond acceptors (Lipinski definition) is 5. The van der Waals surface area contributed by atoms with Gasteiger partial charge in [0.05, 0.1) is 33.6 Å². The van der Waals surface area contributed by atoms with Gasteiger partial charge >= 0.3 is 0 Å². The van der Waals surface area contributed by atoms with Gasteiger partial charge in [-0.1, -0.05) is 109 Å². The molecule has 0 N–H and O–H groups in total. The minimum absolute atomic E-state index is 0.674. The number of rotatable bonds is 5. The molecule has 0 saturated carbocycles. The molecule has 0 atom stereocenters. The molecular weight excluding hydrogens is 611 g/mol. The zero-order valence-electron chi connectivity index (χ0n) is 27.7. The van der Waals surface area contributed by atoms with Crippen LogP contribution >= 0.6 is 0 Å². The molecule has 9 rings (SSSR count). The second-order valence-electron chi connectivity index (χ2n) is 12.7. The van der Waals surface area contributed by atoms with E-state index in [2.05, 4.69) is 128 Å². The van der Waals surface area contributed by atoms with Gasteiger partial charge in [-0.15, -0.1) is 0 Å². The van der Waals surface area contributed by atoms with E-state index in [1.807, 2.05) is 37.4 Å². The lowest BCUT2D eigenvalue weighted by Gasteiger charge is -2.12. The van der Waals surface area contributed by atoms with Crippen LogP contribution in [0, 0.1) is 13.8 Å². The van der Waals surface area contributed by atoms with Gasteiger partial charge < -0.3 is 0 Å². The summed E-state index contributed by atoms with van der Waals surface area (Å²) in [7, 11) is 0. The van der Waals surface area contributed by atoms with E-state index in [9.17, 15) is 0 Å². The van der Waals surface area contributed by atoms with E-state index in [4.69, 9.17) is 24.9 Å². The lowest BCUT2D eigenvalue weighted by molar-refractivity contribution is 1.18. The highest BCUT2D eigenvalue weighted by Gasteiger charge is 2.14. The van der Waals surface area contributed by atoms with Crippen molar-refractivity contribution in [1.29, 1.82) is 0 Å². The normalized spacial score (nSPS) is 11.4. The van der Waals surface area contributed by atoms with E-state index in [-0.39, 0.29) is 0 Å². The predicted molar refractivity (Wildman–Crippen MR) is 205 cm³/mol. The van der Waals surface area contributed by atoms with Gasteiger partial charge in [-0.05, 0) is 61.4 Å². The van der Waals surface area contributed by atoms with Crippen LogP contribution in [0.4, 0.5) is 0 Å². The Morgan fingerprint density at radius 1 is 0.400 bits per heavy atom. The van der Waals surface area contributed by atoms with Gasteiger partial charge in [0.15, 0.2) is 5.82 Å². The number of para-hydroxylation sites is 1. The SMILES string of the molecule is Cc1cc(C)c2ccc3ccc(-c4cccc(-c5cc(-c6cccc(-c7cccc8cccnc78)c6)nc(-c6ccccc6)n5)c4)nc3c2n1. The Morgan fingerprint density at radius 3 is 1.84 bits per heavy atom. The van der Waals surface area contributed by atoms with Crippen molar-refractivity contribution in [2.75, 3.05) is 0 Å². The van der Waals surface area contributed by atoms with Gasteiger partial charge in [0.1, 0.15) is 0 Å². The molecule has 9 aromatic rings. The van der Waals surface area contributed by atoms with Crippen molar-refractivity contribution >= 4 is 32.7 Å². The van der Waals surface area contributed by atoms with Gasteiger partial charge in [0, 0.05) is 55.9 Å². The van der Waals surface area contributed by atoms with Crippen LogP contribution in [0.1, 0.15) is 11.3 Å². The van der Waals surface area contributed by atoms with Crippen LogP contribution in [0.3, 0.4) is 0 Å². The monoisotopic (exact) mass is 641 g/mol. The van der Waals surface area contributed by atoms with Gasteiger partial charge in [0.25, 0.3) is 0 Å². The quantitative estimate of drug-likeness (QED) is 0.175. The Bertz CT molecular complexity index is 2730. The fourth-order valence-corrected chi connectivity index (χ4v) is 6.85. The fourth-order valence-electron chi connectivity index (χ4n) is 6.85. The van der Waals surface area contributed by atoms with Crippen molar-refractivity contribution in [3.05, 3.63) is 163 Å². The second kappa shape index (κ2) is 12.1. The Balaban J connectivity index is 1.17. The Labute approximate surface area is 290 Å². The zero-order valence-corrected chi connectivity index (χ0v) is 27.7. The minimum Gasteiger partial charge on any atom is -0.256 e. The lowest BCUT2D eigenvalue weighted by Crippen LogP contribution is -1.96. The molecule has 0 amide bonds. The molecule has 0 fully saturated rings. The van der Waals surface area contributed by atoms with Gasteiger partial charge in [-0.25, -0.2) is 15.0 Å². The Kier molecular flexibility index (Phi) is 7.17.